The number of benzene rings is 1. The Morgan fingerprint density at radius 3 is 2.82 bits per heavy atom. The van der Waals surface area contributed by atoms with Crippen LogP contribution in [0.4, 0.5) is 5.69 Å². The SMILES string of the molecule is Cc1[nH]c2ccc([N+](=O)[O-])cc2c1CC(=O)O. The summed E-state index contributed by atoms with van der Waals surface area (Å²) >= 11 is 0. The first-order valence-corrected chi connectivity index (χ1v) is 4.96. The average molecular weight is 234 g/mol. The Balaban J connectivity index is 2.64. The van der Waals surface area contributed by atoms with E-state index in [0.717, 1.165) is 5.69 Å². The number of aryl methyl sites for hydroxylation is 1. The fourth-order valence-corrected chi connectivity index (χ4v) is 1.86. The summed E-state index contributed by atoms with van der Waals surface area (Å²) in [7, 11) is 0. The quantitative estimate of drug-likeness (QED) is 0.627. The van der Waals surface area contributed by atoms with Crippen LogP contribution in [0.15, 0.2) is 18.2 Å². The van der Waals surface area contributed by atoms with Gasteiger partial charge in [-0.3, -0.25) is 14.9 Å². The van der Waals surface area contributed by atoms with Crippen molar-refractivity contribution in [2.24, 2.45) is 0 Å². The Morgan fingerprint density at radius 2 is 2.24 bits per heavy atom. The molecule has 2 aromatic rings. The van der Waals surface area contributed by atoms with Gasteiger partial charge in [0.2, 0.25) is 0 Å². The fraction of sp³-hybridized carbons (Fsp3) is 0.182. The molecule has 0 saturated heterocycles. The number of hydrogen-bond acceptors (Lipinski definition) is 3. The van der Waals surface area contributed by atoms with Crippen LogP contribution >= 0.6 is 0 Å². The zero-order chi connectivity index (χ0) is 12.6. The summed E-state index contributed by atoms with van der Waals surface area (Å²) in [5.41, 5.74) is 1.99. The zero-order valence-electron chi connectivity index (χ0n) is 9.06. The van der Waals surface area contributed by atoms with Crippen molar-refractivity contribution in [3.05, 3.63) is 39.6 Å². The molecule has 0 amide bonds. The van der Waals surface area contributed by atoms with Crippen molar-refractivity contribution in [1.29, 1.82) is 0 Å². The van der Waals surface area contributed by atoms with Gasteiger partial charge in [0.1, 0.15) is 0 Å². The standard InChI is InChI=1S/C11H10N2O4/c1-6-8(5-11(14)15)9-4-7(13(16)17)2-3-10(9)12-6/h2-4,12H,5H2,1H3,(H,14,15). The molecule has 0 unspecified atom stereocenters. The highest BCUT2D eigenvalue weighted by molar-refractivity contribution is 5.89. The molecule has 1 aromatic heterocycles. The number of nitrogens with one attached hydrogen (secondary N) is 1. The third-order valence-electron chi connectivity index (χ3n) is 2.64. The molecule has 0 aliphatic carbocycles. The van der Waals surface area contributed by atoms with E-state index in [1.165, 1.54) is 12.1 Å². The van der Waals surface area contributed by atoms with Crippen LogP contribution in [0, 0.1) is 17.0 Å². The molecular formula is C11H10N2O4. The minimum atomic E-state index is -0.958. The Kier molecular flexibility index (Phi) is 2.55. The number of rotatable bonds is 3. The predicted molar refractivity (Wildman–Crippen MR) is 61.0 cm³/mol. The second kappa shape index (κ2) is 3.89. The van der Waals surface area contributed by atoms with Crippen LogP contribution in [-0.4, -0.2) is 21.0 Å². The summed E-state index contributed by atoms with van der Waals surface area (Å²) in [5, 5.41) is 20.1. The van der Waals surface area contributed by atoms with Crippen LogP contribution in [0.1, 0.15) is 11.3 Å². The molecule has 6 nitrogen and oxygen atoms in total. The van der Waals surface area contributed by atoms with Gasteiger partial charge in [0.25, 0.3) is 5.69 Å². The number of H-pyrrole nitrogens is 1. The number of fused-ring (bicyclic) bond motifs is 1. The van der Waals surface area contributed by atoms with Gasteiger partial charge in [-0.25, -0.2) is 0 Å². The number of hydrogen-bond donors (Lipinski definition) is 2. The Labute approximate surface area is 96.0 Å². The molecule has 1 aromatic carbocycles. The molecule has 0 saturated carbocycles. The number of carbonyl (C=O) groups is 1. The topological polar surface area (TPSA) is 96.2 Å². The van der Waals surface area contributed by atoms with Crippen LogP contribution in [0.3, 0.4) is 0 Å². The maximum Gasteiger partial charge on any atom is 0.307 e. The van der Waals surface area contributed by atoms with Gasteiger partial charge in [0.15, 0.2) is 0 Å². The molecule has 0 fully saturated rings. The van der Waals surface area contributed by atoms with E-state index in [-0.39, 0.29) is 12.1 Å². The van der Waals surface area contributed by atoms with Gasteiger partial charge in [-0.05, 0) is 18.6 Å². The monoisotopic (exact) mass is 234 g/mol. The molecule has 0 spiro atoms. The van der Waals surface area contributed by atoms with E-state index in [1.807, 2.05) is 0 Å². The maximum absolute atomic E-state index is 10.7. The lowest BCUT2D eigenvalue weighted by molar-refractivity contribution is -0.384. The molecule has 0 bridgehead atoms. The van der Waals surface area contributed by atoms with Crippen molar-refractivity contribution in [2.75, 3.05) is 0 Å². The number of aromatic amines is 1. The van der Waals surface area contributed by atoms with Gasteiger partial charge >= 0.3 is 5.97 Å². The summed E-state index contributed by atoms with van der Waals surface area (Å²) in [4.78, 5) is 23.9. The molecular weight excluding hydrogens is 224 g/mol. The van der Waals surface area contributed by atoms with E-state index in [1.54, 1.807) is 13.0 Å². The molecule has 2 rings (SSSR count). The highest BCUT2D eigenvalue weighted by Crippen LogP contribution is 2.26. The normalized spacial score (nSPS) is 10.6. The summed E-state index contributed by atoms with van der Waals surface area (Å²) in [6.07, 6.45) is -0.146. The van der Waals surface area contributed by atoms with Crippen LogP contribution in [-0.2, 0) is 11.2 Å². The number of carboxylic acid groups (broad SMARTS) is 1. The van der Waals surface area contributed by atoms with Crippen molar-refractivity contribution in [3.63, 3.8) is 0 Å². The highest BCUT2D eigenvalue weighted by atomic mass is 16.6. The second-order valence-corrected chi connectivity index (χ2v) is 3.79. The van der Waals surface area contributed by atoms with E-state index >= 15 is 0 Å². The second-order valence-electron chi connectivity index (χ2n) is 3.79. The number of aliphatic carboxylic acids is 1. The molecule has 17 heavy (non-hydrogen) atoms. The lowest BCUT2D eigenvalue weighted by Crippen LogP contribution is -2.00. The van der Waals surface area contributed by atoms with Gasteiger partial charge < -0.3 is 10.1 Å². The van der Waals surface area contributed by atoms with Crippen molar-refractivity contribution in [2.45, 2.75) is 13.3 Å². The van der Waals surface area contributed by atoms with Crippen LogP contribution in [0.25, 0.3) is 10.9 Å². The first-order valence-electron chi connectivity index (χ1n) is 4.96. The van der Waals surface area contributed by atoms with E-state index in [0.29, 0.717) is 16.5 Å². The van der Waals surface area contributed by atoms with Crippen molar-refractivity contribution in [1.82, 2.24) is 4.98 Å². The van der Waals surface area contributed by atoms with Gasteiger partial charge in [-0.15, -0.1) is 0 Å². The molecule has 6 heteroatoms. The third-order valence-corrected chi connectivity index (χ3v) is 2.64. The molecule has 0 atom stereocenters. The van der Waals surface area contributed by atoms with Crippen molar-refractivity contribution in [3.8, 4) is 0 Å². The van der Waals surface area contributed by atoms with Crippen molar-refractivity contribution >= 4 is 22.6 Å². The summed E-state index contributed by atoms with van der Waals surface area (Å²) in [6, 6.07) is 4.38. The van der Waals surface area contributed by atoms with Gasteiger partial charge in [-0.2, -0.15) is 0 Å². The largest absolute Gasteiger partial charge is 0.481 e. The van der Waals surface area contributed by atoms with Gasteiger partial charge in [-0.1, -0.05) is 0 Å². The first kappa shape index (κ1) is 11.1. The number of nitro groups is 1. The average Bonchev–Trinajstić information content (AvgIpc) is 2.54. The number of aromatic nitrogens is 1. The maximum atomic E-state index is 10.7. The summed E-state index contributed by atoms with van der Waals surface area (Å²) in [6.45, 7) is 1.75. The highest BCUT2D eigenvalue weighted by Gasteiger charge is 2.15. The van der Waals surface area contributed by atoms with Gasteiger partial charge in [0.05, 0.1) is 11.3 Å². The van der Waals surface area contributed by atoms with Gasteiger partial charge in [0, 0.05) is 28.7 Å². The lowest BCUT2D eigenvalue weighted by Gasteiger charge is -1.96. The molecule has 1 heterocycles. The number of non-ortho nitro benzene ring substituents is 1. The first-order chi connectivity index (χ1) is 7.99. The lowest BCUT2D eigenvalue weighted by atomic mass is 10.1. The number of carboxylic acids is 1. The molecule has 0 aliphatic heterocycles. The van der Waals surface area contributed by atoms with Crippen LogP contribution in [0.5, 0.6) is 0 Å². The van der Waals surface area contributed by atoms with Crippen LogP contribution in [0.2, 0.25) is 0 Å². The smallest absolute Gasteiger partial charge is 0.307 e. The Morgan fingerprint density at radius 1 is 1.53 bits per heavy atom. The minimum absolute atomic E-state index is 0.0388. The molecule has 0 aliphatic rings. The predicted octanol–water partition coefficient (Wildman–Crippen LogP) is 2.01. The summed E-state index contributed by atoms with van der Waals surface area (Å²) < 4.78 is 0. The molecule has 0 radical (unpaired) electrons. The molecule has 88 valence electrons. The van der Waals surface area contributed by atoms with E-state index < -0.39 is 10.9 Å². The Hall–Kier alpha value is -2.37. The number of nitro benzene ring substituents is 1. The zero-order valence-corrected chi connectivity index (χ0v) is 9.06. The van der Waals surface area contributed by atoms with E-state index in [4.69, 9.17) is 5.11 Å². The van der Waals surface area contributed by atoms with E-state index in [2.05, 4.69) is 4.98 Å². The van der Waals surface area contributed by atoms with Crippen LogP contribution < -0.4 is 0 Å². The van der Waals surface area contributed by atoms with E-state index in [9.17, 15) is 14.9 Å². The summed E-state index contributed by atoms with van der Waals surface area (Å²) in [5.74, 6) is -0.958. The third kappa shape index (κ3) is 1.96. The number of nitrogens with zero attached hydrogens (tertiary/aromatic N) is 1. The molecule has 2 N–H and O–H groups in total. The van der Waals surface area contributed by atoms with Crippen molar-refractivity contribution < 1.29 is 14.8 Å². The fourth-order valence-electron chi connectivity index (χ4n) is 1.86. The Bertz CT molecular complexity index is 615. The minimum Gasteiger partial charge on any atom is -0.481 e.